The largest absolute Gasteiger partial charge is 0.430 e. The zero-order valence-electron chi connectivity index (χ0n) is 15.7. The zero-order valence-corrected chi connectivity index (χ0v) is 15.7. The smallest absolute Gasteiger partial charge is 0.369 e. The van der Waals surface area contributed by atoms with Gasteiger partial charge in [0.2, 0.25) is 0 Å². The highest BCUT2D eigenvalue weighted by molar-refractivity contribution is 5.85. The summed E-state index contributed by atoms with van der Waals surface area (Å²) in [6.45, 7) is 0.227. The van der Waals surface area contributed by atoms with Gasteiger partial charge in [-0.25, -0.2) is 0 Å². The number of H-pyrrole nitrogens is 1. The molecule has 0 saturated carbocycles. The maximum Gasteiger partial charge on any atom is 0.430 e. The molecular weight excluding hydrogens is 424 g/mol. The van der Waals surface area contributed by atoms with E-state index in [1.165, 1.54) is 0 Å². The lowest BCUT2D eigenvalue weighted by Crippen LogP contribution is -2.53. The summed E-state index contributed by atoms with van der Waals surface area (Å²) in [6, 6.07) is 11.2. The summed E-state index contributed by atoms with van der Waals surface area (Å²) in [7, 11) is 0. The van der Waals surface area contributed by atoms with Gasteiger partial charge in [-0.2, -0.15) is 31.4 Å². The first-order chi connectivity index (χ1) is 14.5. The predicted molar refractivity (Wildman–Crippen MR) is 101 cm³/mol. The maximum absolute atomic E-state index is 13.0. The average Bonchev–Trinajstić information content (AvgIpc) is 3.36. The molecule has 2 aromatic carbocycles. The number of fused-ring (bicyclic) bond motifs is 1. The highest BCUT2D eigenvalue weighted by Crippen LogP contribution is 2.49. The van der Waals surface area contributed by atoms with E-state index in [2.05, 4.69) is 10.2 Å². The Kier molecular flexibility index (Phi) is 4.84. The van der Waals surface area contributed by atoms with E-state index in [0.717, 1.165) is 34.2 Å². The monoisotopic (exact) mass is 439 g/mol. The predicted octanol–water partition coefficient (Wildman–Crippen LogP) is 5.39. The Balaban J connectivity index is 1.62. The van der Waals surface area contributed by atoms with Crippen molar-refractivity contribution in [2.45, 2.75) is 24.5 Å². The summed E-state index contributed by atoms with van der Waals surface area (Å²) >= 11 is 0. The van der Waals surface area contributed by atoms with Crippen LogP contribution in [0.3, 0.4) is 0 Å². The van der Waals surface area contributed by atoms with Crippen LogP contribution in [0.1, 0.15) is 11.1 Å². The van der Waals surface area contributed by atoms with Crippen molar-refractivity contribution >= 4 is 10.9 Å². The third kappa shape index (κ3) is 3.56. The third-order valence-corrected chi connectivity index (χ3v) is 5.15. The van der Waals surface area contributed by atoms with Gasteiger partial charge in [-0.1, -0.05) is 30.3 Å². The molecule has 4 aromatic rings. The number of hydrogen-bond donors (Lipinski definition) is 2. The molecule has 0 amide bonds. The summed E-state index contributed by atoms with van der Waals surface area (Å²) in [4.78, 5) is 0. The van der Waals surface area contributed by atoms with Gasteiger partial charge >= 0.3 is 12.4 Å². The molecule has 2 heterocycles. The molecule has 4 nitrogen and oxygen atoms in total. The zero-order chi connectivity index (χ0) is 22.4. The van der Waals surface area contributed by atoms with Gasteiger partial charge in [-0.15, -0.1) is 0 Å². The quantitative estimate of drug-likeness (QED) is 0.419. The molecule has 0 fully saturated rings. The fourth-order valence-corrected chi connectivity index (χ4v) is 3.46. The molecule has 0 bridgehead atoms. The number of rotatable bonds is 4. The molecule has 2 N–H and O–H groups in total. The average molecular weight is 439 g/mol. The molecule has 2 aromatic heterocycles. The fourth-order valence-electron chi connectivity index (χ4n) is 3.46. The van der Waals surface area contributed by atoms with E-state index in [4.69, 9.17) is 0 Å². The molecule has 4 rings (SSSR count). The second-order valence-corrected chi connectivity index (χ2v) is 7.11. The fraction of sp³-hybridized carbons (Fsp3) is 0.190. The van der Waals surface area contributed by atoms with Gasteiger partial charge in [-0.05, 0) is 29.3 Å². The van der Waals surface area contributed by atoms with Crippen LogP contribution >= 0.6 is 0 Å². The lowest BCUT2D eigenvalue weighted by molar-refractivity contribution is -0.376. The van der Waals surface area contributed by atoms with Crippen molar-refractivity contribution < 1.29 is 31.4 Å². The van der Waals surface area contributed by atoms with Gasteiger partial charge in [0.25, 0.3) is 5.60 Å². The Labute approximate surface area is 171 Å². The van der Waals surface area contributed by atoms with Crippen LogP contribution in [-0.2, 0) is 12.1 Å². The summed E-state index contributed by atoms with van der Waals surface area (Å²) in [5.41, 5.74) is -3.03. The number of nitrogens with zero attached hydrogens (tertiary/aromatic N) is 2. The van der Waals surface area contributed by atoms with E-state index in [-0.39, 0.29) is 6.54 Å². The lowest BCUT2D eigenvalue weighted by Gasteiger charge is -2.32. The van der Waals surface area contributed by atoms with Crippen LogP contribution in [0.2, 0.25) is 0 Å². The maximum atomic E-state index is 13.0. The van der Waals surface area contributed by atoms with Crippen LogP contribution in [0, 0.1) is 0 Å². The Morgan fingerprint density at radius 1 is 0.871 bits per heavy atom. The van der Waals surface area contributed by atoms with Gasteiger partial charge < -0.3 is 9.67 Å². The van der Waals surface area contributed by atoms with Crippen LogP contribution in [0.4, 0.5) is 26.3 Å². The molecule has 0 radical (unpaired) electrons. The number of nitrogens with one attached hydrogen (secondary N) is 1. The summed E-state index contributed by atoms with van der Waals surface area (Å²) in [5, 5.41) is 17.0. The van der Waals surface area contributed by atoms with E-state index in [1.54, 1.807) is 18.6 Å². The van der Waals surface area contributed by atoms with Gasteiger partial charge in [0.05, 0.1) is 6.20 Å². The minimum atomic E-state index is -5.91. The van der Waals surface area contributed by atoms with Gasteiger partial charge in [0, 0.05) is 41.0 Å². The number of aromatic amines is 1. The second-order valence-electron chi connectivity index (χ2n) is 7.11. The normalized spacial score (nSPS) is 13.1. The van der Waals surface area contributed by atoms with Crippen molar-refractivity contribution in [1.29, 1.82) is 0 Å². The van der Waals surface area contributed by atoms with Crippen molar-refractivity contribution in [3.63, 3.8) is 0 Å². The number of aliphatic hydroxyl groups is 1. The Bertz CT molecular complexity index is 1180. The SMILES string of the molecule is OC(c1ccc(Cn2ccc3cc(-c4cn[nH]c4)ccc32)cc1)(C(F)(F)F)C(F)(F)F. The van der Waals surface area contributed by atoms with E-state index in [9.17, 15) is 31.4 Å². The number of alkyl halides is 6. The lowest BCUT2D eigenvalue weighted by atomic mass is 9.91. The second kappa shape index (κ2) is 7.16. The van der Waals surface area contributed by atoms with Crippen LogP contribution in [0.5, 0.6) is 0 Å². The molecule has 0 aliphatic carbocycles. The minimum absolute atomic E-state index is 0.227. The molecule has 0 aliphatic heterocycles. The topological polar surface area (TPSA) is 53.8 Å². The molecule has 0 spiro atoms. The Morgan fingerprint density at radius 3 is 2.13 bits per heavy atom. The third-order valence-electron chi connectivity index (χ3n) is 5.15. The van der Waals surface area contributed by atoms with Gasteiger partial charge in [-0.3, -0.25) is 5.10 Å². The Hall–Kier alpha value is -3.27. The van der Waals surface area contributed by atoms with Crippen LogP contribution in [0.25, 0.3) is 22.0 Å². The molecule has 10 heteroatoms. The van der Waals surface area contributed by atoms with Crippen LogP contribution in [-0.4, -0.2) is 32.2 Å². The number of halogens is 6. The number of aromatic nitrogens is 3. The van der Waals surface area contributed by atoms with Crippen LogP contribution in [0.15, 0.2) is 67.1 Å². The van der Waals surface area contributed by atoms with E-state index in [0.29, 0.717) is 17.7 Å². The number of hydrogen-bond acceptors (Lipinski definition) is 2. The van der Waals surface area contributed by atoms with Crippen molar-refractivity contribution in [2.24, 2.45) is 0 Å². The first-order valence-corrected chi connectivity index (χ1v) is 9.04. The van der Waals surface area contributed by atoms with Crippen molar-refractivity contribution in [3.8, 4) is 11.1 Å². The van der Waals surface area contributed by atoms with Gasteiger partial charge in [0.1, 0.15) is 0 Å². The Morgan fingerprint density at radius 2 is 1.55 bits per heavy atom. The molecule has 31 heavy (non-hydrogen) atoms. The van der Waals surface area contributed by atoms with E-state index >= 15 is 0 Å². The minimum Gasteiger partial charge on any atom is -0.369 e. The highest BCUT2D eigenvalue weighted by Gasteiger charge is 2.71. The van der Waals surface area contributed by atoms with Crippen molar-refractivity contribution in [2.75, 3.05) is 0 Å². The molecule has 0 unspecified atom stereocenters. The first kappa shape index (κ1) is 21.0. The molecule has 0 saturated heterocycles. The van der Waals surface area contributed by atoms with Gasteiger partial charge in [0.15, 0.2) is 0 Å². The molecule has 0 atom stereocenters. The first-order valence-electron chi connectivity index (χ1n) is 9.04. The molecular formula is C21H15F6N3O. The summed E-state index contributed by atoms with van der Waals surface area (Å²) in [5.74, 6) is 0. The molecule has 0 aliphatic rings. The van der Waals surface area contributed by atoms with Crippen LogP contribution < -0.4 is 0 Å². The van der Waals surface area contributed by atoms with Crippen molar-refractivity contribution in [1.82, 2.24) is 14.8 Å². The van der Waals surface area contributed by atoms with E-state index < -0.39 is 23.5 Å². The standard InChI is InChI=1S/C21H15F6N3O/c22-20(23,24)19(31,21(25,26)27)17-4-1-13(2-5-17)12-30-8-7-15-9-14(3-6-18(15)30)16-10-28-29-11-16/h1-11,31H,12H2,(H,28,29). The van der Waals surface area contributed by atoms with Crippen molar-refractivity contribution in [3.05, 3.63) is 78.2 Å². The number of benzene rings is 2. The summed E-state index contributed by atoms with van der Waals surface area (Å²) in [6.07, 6.45) is -6.60. The van der Waals surface area contributed by atoms with E-state index in [1.807, 2.05) is 28.8 Å². The molecule has 162 valence electrons. The highest BCUT2D eigenvalue weighted by atomic mass is 19.4. The summed E-state index contributed by atoms with van der Waals surface area (Å²) < 4.78 is 79.9.